The molecule has 1 aromatic rings. The van der Waals surface area contributed by atoms with Crippen molar-refractivity contribution < 1.29 is 24.5 Å². The third-order valence-electron chi connectivity index (χ3n) is 2.94. The van der Waals surface area contributed by atoms with Gasteiger partial charge in [-0.25, -0.2) is 4.79 Å². The molecule has 0 aliphatic heterocycles. The van der Waals surface area contributed by atoms with E-state index >= 15 is 0 Å². The van der Waals surface area contributed by atoms with Crippen molar-refractivity contribution >= 4 is 17.7 Å². The molecule has 7 heteroatoms. The zero-order valence-corrected chi connectivity index (χ0v) is 14.6. The van der Waals surface area contributed by atoms with E-state index in [1.165, 1.54) is 7.11 Å². The van der Waals surface area contributed by atoms with E-state index in [0.717, 1.165) is 0 Å². The minimum absolute atomic E-state index is 0.162. The first-order valence-corrected chi connectivity index (χ1v) is 7.67. The van der Waals surface area contributed by atoms with Crippen molar-refractivity contribution in [3.8, 4) is 5.75 Å². The van der Waals surface area contributed by atoms with Gasteiger partial charge in [-0.05, 0) is 51.0 Å². The molecule has 0 saturated heterocycles. The van der Waals surface area contributed by atoms with E-state index in [9.17, 15) is 15.0 Å². The number of ether oxygens (including phenoxy) is 2. The molecule has 0 aliphatic carbocycles. The first kappa shape index (κ1) is 19.5. The van der Waals surface area contributed by atoms with Gasteiger partial charge in [0.1, 0.15) is 17.5 Å². The maximum Gasteiger partial charge on any atom is 0.407 e. The van der Waals surface area contributed by atoms with Gasteiger partial charge in [0.25, 0.3) is 0 Å². The molecule has 1 rings (SSSR count). The number of methoxy groups -OCH3 is 1. The fourth-order valence-corrected chi connectivity index (χ4v) is 2.12. The average molecular weight is 346 g/mol. The van der Waals surface area contributed by atoms with Crippen LogP contribution in [0.1, 0.15) is 38.9 Å². The van der Waals surface area contributed by atoms with Crippen LogP contribution in [0.15, 0.2) is 18.2 Å². The fraction of sp³-hybridized carbons (Fsp3) is 0.562. The van der Waals surface area contributed by atoms with E-state index in [1.807, 2.05) is 0 Å². The highest BCUT2D eigenvalue weighted by atomic mass is 35.5. The lowest BCUT2D eigenvalue weighted by Gasteiger charge is -2.21. The zero-order valence-electron chi connectivity index (χ0n) is 13.8. The van der Waals surface area contributed by atoms with Gasteiger partial charge >= 0.3 is 6.09 Å². The molecule has 1 amide bonds. The normalized spacial score (nSPS) is 14.0. The van der Waals surface area contributed by atoms with Gasteiger partial charge in [0.05, 0.1) is 13.2 Å². The number of carbonyl (C=O) groups excluding carboxylic acids is 1. The molecule has 0 fully saturated rings. The number of benzene rings is 1. The van der Waals surface area contributed by atoms with Gasteiger partial charge in [0, 0.05) is 11.6 Å². The first-order valence-electron chi connectivity index (χ1n) is 7.30. The number of hydrogen-bond donors (Lipinski definition) is 3. The Labute approximate surface area is 141 Å². The Morgan fingerprint density at radius 3 is 2.52 bits per heavy atom. The maximum absolute atomic E-state index is 11.5. The van der Waals surface area contributed by atoms with Crippen LogP contribution in [0.2, 0.25) is 5.02 Å². The van der Waals surface area contributed by atoms with Crippen LogP contribution < -0.4 is 10.1 Å². The van der Waals surface area contributed by atoms with Gasteiger partial charge in [0.15, 0.2) is 0 Å². The number of aliphatic hydroxyl groups is 2. The van der Waals surface area contributed by atoms with Crippen LogP contribution in [0.25, 0.3) is 0 Å². The largest absolute Gasteiger partial charge is 0.497 e. The predicted molar refractivity (Wildman–Crippen MR) is 87.8 cm³/mol. The summed E-state index contributed by atoms with van der Waals surface area (Å²) in [5.74, 6) is 0.491. The van der Waals surface area contributed by atoms with Crippen molar-refractivity contribution in [2.24, 2.45) is 0 Å². The molecule has 0 radical (unpaired) electrons. The zero-order chi connectivity index (χ0) is 17.6. The van der Waals surface area contributed by atoms with E-state index in [4.69, 9.17) is 21.1 Å². The molecule has 3 N–H and O–H groups in total. The van der Waals surface area contributed by atoms with Gasteiger partial charge < -0.3 is 25.0 Å². The van der Waals surface area contributed by atoms with Gasteiger partial charge in [-0.2, -0.15) is 0 Å². The summed E-state index contributed by atoms with van der Waals surface area (Å²) in [6.45, 7) is 5.46. The van der Waals surface area contributed by atoms with Crippen LogP contribution in [0, 0.1) is 0 Å². The number of amides is 1. The quantitative estimate of drug-likeness (QED) is 0.737. The van der Waals surface area contributed by atoms with Crippen molar-refractivity contribution in [3.63, 3.8) is 0 Å². The van der Waals surface area contributed by atoms with Crippen LogP contribution >= 0.6 is 11.6 Å². The first-order chi connectivity index (χ1) is 10.6. The molecule has 130 valence electrons. The van der Waals surface area contributed by atoms with E-state index in [2.05, 4.69) is 5.32 Å². The topological polar surface area (TPSA) is 88.0 Å². The highest BCUT2D eigenvalue weighted by molar-refractivity contribution is 6.30. The summed E-state index contributed by atoms with van der Waals surface area (Å²) in [5, 5.41) is 23.1. The summed E-state index contributed by atoms with van der Waals surface area (Å²) in [6.07, 6.45) is -2.60. The fourth-order valence-electron chi connectivity index (χ4n) is 1.89. The third kappa shape index (κ3) is 7.07. The number of halogens is 1. The second-order valence-corrected chi connectivity index (χ2v) is 6.59. The number of carbonyl (C=O) groups is 1. The van der Waals surface area contributed by atoms with Crippen LogP contribution in [-0.2, 0) is 4.74 Å². The van der Waals surface area contributed by atoms with E-state index in [1.54, 1.807) is 39.0 Å². The van der Waals surface area contributed by atoms with E-state index < -0.39 is 23.9 Å². The molecule has 0 spiro atoms. The Morgan fingerprint density at radius 1 is 1.30 bits per heavy atom. The monoisotopic (exact) mass is 345 g/mol. The van der Waals surface area contributed by atoms with E-state index in [-0.39, 0.29) is 13.0 Å². The summed E-state index contributed by atoms with van der Waals surface area (Å²) >= 11 is 5.94. The van der Waals surface area contributed by atoms with Crippen molar-refractivity contribution in [2.75, 3.05) is 13.7 Å². The SMILES string of the molecule is COc1cc(Cl)cc(C(O)C(O)CCNC(=O)OC(C)(C)C)c1. The molecule has 2 atom stereocenters. The number of alkyl carbamates (subject to hydrolysis) is 1. The average Bonchev–Trinajstić information content (AvgIpc) is 2.43. The Kier molecular flexibility index (Phi) is 7.12. The van der Waals surface area contributed by atoms with Crippen LogP contribution in [0.3, 0.4) is 0 Å². The van der Waals surface area contributed by atoms with Crippen molar-refractivity contribution in [3.05, 3.63) is 28.8 Å². The Morgan fingerprint density at radius 2 is 1.96 bits per heavy atom. The van der Waals surface area contributed by atoms with E-state index in [0.29, 0.717) is 16.3 Å². The summed E-state index contributed by atoms with van der Waals surface area (Å²) in [6, 6.07) is 4.76. The van der Waals surface area contributed by atoms with Crippen molar-refractivity contribution in [2.45, 2.75) is 45.0 Å². The number of hydrogen-bond acceptors (Lipinski definition) is 5. The van der Waals surface area contributed by atoms with Crippen LogP contribution in [0.4, 0.5) is 4.79 Å². The molecule has 0 bridgehead atoms. The highest BCUT2D eigenvalue weighted by Crippen LogP contribution is 2.27. The molecule has 6 nitrogen and oxygen atoms in total. The molecular formula is C16H24ClNO5. The Balaban J connectivity index is 2.53. The minimum Gasteiger partial charge on any atom is -0.497 e. The lowest BCUT2D eigenvalue weighted by molar-refractivity contribution is 0.0122. The molecule has 0 saturated carbocycles. The summed E-state index contributed by atoms with van der Waals surface area (Å²) in [7, 11) is 1.49. The molecule has 0 aliphatic rings. The van der Waals surface area contributed by atoms with Crippen molar-refractivity contribution in [1.82, 2.24) is 5.32 Å². The molecule has 0 heterocycles. The summed E-state index contributed by atoms with van der Waals surface area (Å²) in [4.78, 5) is 11.5. The second kappa shape index (κ2) is 8.38. The molecule has 1 aromatic carbocycles. The van der Waals surface area contributed by atoms with Crippen LogP contribution in [0.5, 0.6) is 5.75 Å². The Hall–Kier alpha value is -1.50. The number of rotatable bonds is 6. The third-order valence-corrected chi connectivity index (χ3v) is 3.16. The maximum atomic E-state index is 11.5. The van der Waals surface area contributed by atoms with Gasteiger partial charge in [-0.15, -0.1) is 0 Å². The smallest absolute Gasteiger partial charge is 0.407 e. The van der Waals surface area contributed by atoms with Gasteiger partial charge in [-0.1, -0.05) is 11.6 Å². The summed E-state index contributed by atoms with van der Waals surface area (Å²) in [5.41, 5.74) is -0.140. The van der Waals surface area contributed by atoms with Gasteiger partial charge in [0.2, 0.25) is 0 Å². The minimum atomic E-state index is -1.14. The number of nitrogens with one attached hydrogen (secondary N) is 1. The lowest BCUT2D eigenvalue weighted by Crippen LogP contribution is -2.34. The standard InChI is InChI=1S/C16H24ClNO5/c1-16(2,3)23-15(21)18-6-5-13(19)14(20)10-7-11(17)9-12(8-10)22-4/h7-9,13-14,19-20H,5-6H2,1-4H3,(H,18,21). The molecular weight excluding hydrogens is 322 g/mol. The number of aliphatic hydroxyl groups excluding tert-OH is 2. The van der Waals surface area contributed by atoms with Crippen molar-refractivity contribution in [1.29, 1.82) is 0 Å². The Bertz CT molecular complexity index is 530. The molecule has 0 aromatic heterocycles. The molecule has 2 unspecified atom stereocenters. The summed E-state index contributed by atoms with van der Waals surface area (Å²) < 4.78 is 10.2. The molecule has 23 heavy (non-hydrogen) atoms. The van der Waals surface area contributed by atoms with Crippen LogP contribution in [-0.4, -0.2) is 41.7 Å². The van der Waals surface area contributed by atoms with Gasteiger partial charge in [-0.3, -0.25) is 0 Å². The lowest BCUT2D eigenvalue weighted by atomic mass is 10.0. The highest BCUT2D eigenvalue weighted by Gasteiger charge is 2.21. The second-order valence-electron chi connectivity index (χ2n) is 6.15. The predicted octanol–water partition coefficient (Wildman–Crippen LogP) is 2.66.